The predicted octanol–water partition coefficient (Wildman–Crippen LogP) is 8.27. The largest absolute Gasteiger partial charge is 0.493 e. The standard InChI is InChI=1S/C34H36N2O/c1-4-24-9-10-28-20-30(21-36-34(28)23(24)3)26-11-12-33-29(19-26)17-22(2)25(14-16-37-33)18-27-13-15-35-32-8-6-5-7-31(27)32/h5-13,15,19-25H,4,14,16-18H2,1-3H3. The first-order valence-corrected chi connectivity index (χ1v) is 13.9. The third-order valence-electron chi connectivity index (χ3n) is 8.73. The summed E-state index contributed by atoms with van der Waals surface area (Å²) in [4.78, 5) is 9.49. The minimum atomic E-state index is 0.471. The van der Waals surface area contributed by atoms with Crippen molar-refractivity contribution in [1.82, 2.24) is 9.97 Å². The number of allylic oxidation sites excluding steroid dienone is 1. The number of fused-ring (bicyclic) bond motifs is 3. The molecule has 2 aromatic heterocycles. The molecule has 188 valence electrons. The van der Waals surface area contributed by atoms with Gasteiger partial charge in [-0.05, 0) is 96.0 Å². The van der Waals surface area contributed by atoms with Gasteiger partial charge < -0.3 is 4.74 Å². The molecule has 4 unspecified atom stereocenters. The van der Waals surface area contributed by atoms with E-state index in [-0.39, 0.29) is 0 Å². The number of pyridine rings is 2. The molecule has 0 spiro atoms. The Morgan fingerprint density at radius 1 is 0.973 bits per heavy atom. The Kier molecular flexibility index (Phi) is 6.54. The second kappa shape index (κ2) is 10.1. The summed E-state index contributed by atoms with van der Waals surface area (Å²) < 4.78 is 6.31. The normalized spacial score (nSPS) is 23.0. The van der Waals surface area contributed by atoms with Crippen LogP contribution in [0.5, 0.6) is 5.75 Å². The summed E-state index contributed by atoms with van der Waals surface area (Å²) in [7, 11) is 0. The van der Waals surface area contributed by atoms with Crippen molar-refractivity contribution in [2.45, 2.75) is 52.4 Å². The quantitative estimate of drug-likeness (QED) is 0.290. The Balaban J connectivity index is 1.26. The molecule has 0 radical (unpaired) electrons. The number of ether oxygens (including phenoxy) is 1. The zero-order valence-electron chi connectivity index (χ0n) is 22.2. The van der Waals surface area contributed by atoms with E-state index >= 15 is 0 Å². The Bertz CT molecular complexity index is 1450. The molecule has 0 amide bonds. The van der Waals surface area contributed by atoms with E-state index in [4.69, 9.17) is 9.72 Å². The first-order valence-electron chi connectivity index (χ1n) is 13.9. The molecule has 0 bridgehead atoms. The molecular weight excluding hydrogens is 452 g/mol. The lowest BCUT2D eigenvalue weighted by Gasteiger charge is -2.29. The number of rotatable bonds is 4. The molecule has 3 heteroatoms. The van der Waals surface area contributed by atoms with Crippen LogP contribution in [0, 0.1) is 17.8 Å². The average Bonchev–Trinajstić information content (AvgIpc) is 2.92. The fourth-order valence-electron chi connectivity index (χ4n) is 6.35. The smallest absolute Gasteiger partial charge is 0.122 e. The predicted molar refractivity (Wildman–Crippen MR) is 153 cm³/mol. The summed E-state index contributed by atoms with van der Waals surface area (Å²) in [6, 6.07) is 19.7. The van der Waals surface area contributed by atoms with Gasteiger partial charge in [-0.1, -0.05) is 57.2 Å². The van der Waals surface area contributed by atoms with Gasteiger partial charge in [-0.2, -0.15) is 0 Å². The molecule has 0 saturated heterocycles. The molecule has 4 atom stereocenters. The van der Waals surface area contributed by atoms with E-state index in [9.17, 15) is 0 Å². The van der Waals surface area contributed by atoms with Crippen LogP contribution in [0.2, 0.25) is 0 Å². The second-order valence-corrected chi connectivity index (χ2v) is 11.0. The van der Waals surface area contributed by atoms with Crippen molar-refractivity contribution < 1.29 is 4.74 Å². The van der Waals surface area contributed by atoms with Crippen LogP contribution >= 0.6 is 0 Å². The van der Waals surface area contributed by atoms with Crippen molar-refractivity contribution in [1.29, 1.82) is 0 Å². The molecule has 6 rings (SSSR count). The first-order chi connectivity index (χ1) is 18.1. The number of hydrogen-bond acceptors (Lipinski definition) is 3. The highest BCUT2D eigenvalue weighted by atomic mass is 16.5. The van der Waals surface area contributed by atoms with Crippen LogP contribution < -0.4 is 4.74 Å². The molecule has 1 aliphatic carbocycles. The van der Waals surface area contributed by atoms with Crippen LogP contribution in [0.25, 0.3) is 28.1 Å². The fraction of sp³-hybridized carbons (Fsp3) is 0.353. The third-order valence-corrected chi connectivity index (χ3v) is 8.73. The Labute approximate surface area is 220 Å². The highest BCUT2D eigenvalue weighted by Crippen LogP contribution is 2.38. The van der Waals surface area contributed by atoms with Gasteiger partial charge in [0.15, 0.2) is 0 Å². The van der Waals surface area contributed by atoms with Crippen LogP contribution in [0.15, 0.2) is 73.1 Å². The van der Waals surface area contributed by atoms with E-state index < -0.39 is 0 Å². The molecule has 2 aliphatic rings. The first kappa shape index (κ1) is 23.9. The van der Waals surface area contributed by atoms with Gasteiger partial charge in [0, 0.05) is 29.3 Å². The maximum atomic E-state index is 6.31. The van der Waals surface area contributed by atoms with Crippen molar-refractivity contribution in [3.8, 4) is 16.9 Å². The average molecular weight is 489 g/mol. The number of nitrogens with zero attached hydrogens (tertiary/aromatic N) is 2. The lowest BCUT2D eigenvalue weighted by molar-refractivity contribution is 0.222. The van der Waals surface area contributed by atoms with Crippen molar-refractivity contribution >= 4 is 17.0 Å². The number of benzene rings is 2. The summed E-state index contributed by atoms with van der Waals surface area (Å²) in [5.74, 6) is 3.21. The van der Waals surface area contributed by atoms with Gasteiger partial charge in [-0.25, -0.2) is 0 Å². The third kappa shape index (κ3) is 4.68. The lowest BCUT2D eigenvalue weighted by Crippen LogP contribution is -2.22. The van der Waals surface area contributed by atoms with Gasteiger partial charge in [0.25, 0.3) is 0 Å². The van der Waals surface area contributed by atoms with Gasteiger partial charge in [0.1, 0.15) is 5.75 Å². The SMILES string of the molecule is CCC1C=Cc2cc(-c3ccc4c(c3)CC(C)C(Cc3ccnc5ccccc35)CCO4)cnc2C1C. The van der Waals surface area contributed by atoms with Gasteiger partial charge in [-0.15, -0.1) is 0 Å². The Hall–Kier alpha value is -3.46. The Morgan fingerprint density at radius 2 is 1.86 bits per heavy atom. The van der Waals surface area contributed by atoms with Crippen molar-refractivity contribution in [3.63, 3.8) is 0 Å². The summed E-state index contributed by atoms with van der Waals surface area (Å²) in [6.45, 7) is 7.73. The van der Waals surface area contributed by atoms with E-state index in [1.807, 2.05) is 6.20 Å². The highest BCUT2D eigenvalue weighted by molar-refractivity contribution is 5.81. The van der Waals surface area contributed by atoms with Crippen molar-refractivity contribution in [2.24, 2.45) is 17.8 Å². The molecule has 0 fully saturated rings. The van der Waals surface area contributed by atoms with E-state index in [1.165, 1.54) is 38.9 Å². The highest BCUT2D eigenvalue weighted by Gasteiger charge is 2.25. The fourth-order valence-corrected chi connectivity index (χ4v) is 6.35. The molecule has 3 nitrogen and oxygen atoms in total. The number of aromatic nitrogens is 2. The zero-order chi connectivity index (χ0) is 25.4. The molecule has 4 aromatic rings. The van der Waals surface area contributed by atoms with Gasteiger partial charge in [0.2, 0.25) is 0 Å². The maximum absolute atomic E-state index is 6.31. The van der Waals surface area contributed by atoms with Crippen LogP contribution in [0.4, 0.5) is 0 Å². The molecule has 37 heavy (non-hydrogen) atoms. The summed E-state index contributed by atoms with van der Waals surface area (Å²) in [5.41, 5.74) is 8.68. The van der Waals surface area contributed by atoms with E-state index in [0.29, 0.717) is 23.7 Å². The lowest BCUT2D eigenvalue weighted by atomic mass is 9.80. The van der Waals surface area contributed by atoms with Gasteiger partial charge >= 0.3 is 0 Å². The maximum Gasteiger partial charge on any atom is 0.122 e. The second-order valence-electron chi connectivity index (χ2n) is 11.0. The topological polar surface area (TPSA) is 35.0 Å². The van der Waals surface area contributed by atoms with E-state index in [0.717, 1.165) is 43.6 Å². The van der Waals surface area contributed by atoms with Gasteiger partial charge in [0.05, 0.1) is 17.8 Å². The Morgan fingerprint density at radius 3 is 2.76 bits per heavy atom. The van der Waals surface area contributed by atoms with Crippen LogP contribution in [0.1, 0.15) is 61.9 Å². The van der Waals surface area contributed by atoms with Crippen LogP contribution in [-0.4, -0.2) is 16.6 Å². The molecule has 1 aliphatic heterocycles. The number of hydrogen-bond donors (Lipinski definition) is 0. The van der Waals surface area contributed by atoms with Crippen LogP contribution in [-0.2, 0) is 12.8 Å². The molecule has 0 N–H and O–H groups in total. The van der Waals surface area contributed by atoms with Crippen molar-refractivity contribution in [3.05, 3.63) is 95.5 Å². The summed E-state index contributed by atoms with van der Waals surface area (Å²) in [6.07, 6.45) is 12.9. The molecule has 3 heterocycles. The minimum Gasteiger partial charge on any atom is -0.493 e. The zero-order valence-corrected chi connectivity index (χ0v) is 22.2. The molecular formula is C34H36N2O. The summed E-state index contributed by atoms with van der Waals surface area (Å²) >= 11 is 0. The van der Waals surface area contributed by atoms with Crippen LogP contribution in [0.3, 0.4) is 0 Å². The number of para-hydroxylation sites is 1. The molecule has 2 aromatic carbocycles. The van der Waals surface area contributed by atoms with Gasteiger partial charge in [-0.3, -0.25) is 9.97 Å². The summed E-state index contributed by atoms with van der Waals surface area (Å²) in [5, 5.41) is 1.27. The van der Waals surface area contributed by atoms with Crippen molar-refractivity contribution in [2.75, 3.05) is 6.61 Å². The minimum absolute atomic E-state index is 0.471. The monoisotopic (exact) mass is 488 g/mol. The van der Waals surface area contributed by atoms with E-state index in [1.54, 1.807) is 0 Å². The molecule has 0 saturated carbocycles. The van der Waals surface area contributed by atoms with E-state index in [2.05, 4.69) is 98.7 Å².